The zero-order chi connectivity index (χ0) is 22.0. The lowest BCUT2D eigenvalue weighted by Gasteiger charge is -2.24. The smallest absolute Gasteiger partial charge is 0.281 e. The Morgan fingerprint density at radius 2 is 2.00 bits per heavy atom. The summed E-state index contributed by atoms with van der Waals surface area (Å²) in [6, 6.07) is 7.33. The molecule has 2 aliphatic heterocycles. The predicted octanol–water partition coefficient (Wildman–Crippen LogP) is 1.48. The van der Waals surface area contributed by atoms with Gasteiger partial charge in [-0.25, -0.2) is 4.98 Å². The number of benzene rings is 1. The molecule has 2 saturated heterocycles. The van der Waals surface area contributed by atoms with Gasteiger partial charge in [-0.05, 0) is 42.8 Å². The number of para-hydroxylation sites is 1. The fourth-order valence-electron chi connectivity index (χ4n) is 4.14. The van der Waals surface area contributed by atoms with Crippen molar-refractivity contribution in [1.29, 1.82) is 0 Å². The number of fused-ring (bicyclic) bond motifs is 3. The lowest BCUT2D eigenvalue weighted by Crippen LogP contribution is -2.31. The van der Waals surface area contributed by atoms with Gasteiger partial charge in [-0.1, -0.05) is 17.0 Å². The Morgan fingerprint density at radius 1 is 1.19 bits per heavy atom. The first-order valence-electron chi connectivity index (χ1n) is 9.94. The highest BCUT2D eigenvalue weighted by atomic mass is 35.5. The summed E-state index contributed by atoms with van der Waals surface area (Å²) in [6.07, 6.45) is -0.573. The van der Waals surface area contributed by atoms with E-state index in [4.69, 9.17) is 30.6 Å². The van der Waals surface area contributed by atoms with Crippen molar-refractivity contribution < 1.29 is 24.2 Å². The molecule has 0 unspecified atom stereocenters. The number of hydrogen-bond acceptors (Lipinski definition) is 10. The Bertz CT molecular complexity index is 1320. The van der Waals surface area contributed by atoms with E-state index in [-0.39, 0.29) is 17.8 Å². The van der Waals surface area contributed by atoms with Crippen LogP contribution in [0.4, 0.5) is 0 Å². The van der Waals surface area contributed by atoms with Crippen LogP contribution in [0.3, 0.4) is 0 Å². The Kier molecular flexibility index (Phi) is 4.35. The Balaban J connectivity index is 1.41. The van der Waals surface area contributed by atoms with Crippen LogP contribution in [-0.4, -0.2) is 70.5 Å². The van der Waals surface area contributed by atoms with Crippen molar-refractivity contribution in [1.82, 2.24) is 34.7 Å². The quantitative estimate of drug-likeness (QED) is 0.447. The molecule has 13 heteroatoms. The molecule has 0 aliphatic carbocycles. The van der Waals surface area contributed by atoms with Crippen LogP contribution >= 0.6 is 11.6 Å². The minimum absolute atomic E-state index is 0.0455. The molecule has 3 aromatic heterocycles. The number of aliphatic hydroxyl groups is 1. The van der Waals surface area contributed by atoms with E-state index in [0.717, 1.165) is 0 Å². The van der Waals surface area contributed by atoms with E-state index in [1.54, 1.807) is 4.57 Å². The molecule has 5 heterocycles. The molecular weight excluding hydrogens is 442 g/mol. The number of halogens is 1. The highest BCUT2D eigenvalue weighted by Gasteiger charge is 2.56. The number of nitrogens with zero attached hydrogens (tertiary/aromatic N) is 7. The third-order valence-corrected chi connectivity index (χ3v) is 5.61. The van der Waals surface area contributed by atoms with Crippen LogP contribution in [0.25, 0.3) is 22.2 Å². The molecule has 6 rings (SSSR count). The minimum atomic E-state index is -0.809. The summed E-state index contributed by atoms with van der Waals surface area (Å²) in [4.78, 5) is 20.0. The number of ether oxygens (including phenoxy) is 3. The Labute approximate surface area is 185 Å². The molecule has 2 aliphatic rings. The van der Waals surface area contributed by atoms with Gasteiger partial charge in [0.15, 0.2) is 23.2 Å². The van der Waals surface area contributed by atoms with Crippen LogP contribution in [0.5, 0.6) is 5.88 Å². The summed E-state index contributed by atoms with van der Waals surface area (Å²) in [7, 11) is 0. The van der Waals surface area contributed by atoms with E-state index in [0.29, 0.717) is 22.2 Å². The summed E-state index contributed by atoms with van der Waals surface area (Å²) >= 11 is 6.20. The summed E-state index contributed by atoms with van der Waals surface area (Å²) in [5, 5.41) is 17.8. The summed E-state index contributed by atoms with van der Waals surface area (Å²) in [6.45, 7) is 3.42. The van der Waals surface area contributed by atoms with Crippen LogP contribution in [0, 0.1) is 0 Å². The van der Waals surface area contributed by atoms with Gasteiger partial charge in [0.25, 0.3) is 5.88 Å². The molecule has 12 nitrogen and oxygen atoms in total. The van der Waals surface area contributed by atoms with Crippen LogP contribution in [0.2, 0.25) is 5.28 Å². The molecule has 166 valence electrons. The highest BCUT2D eigenvalue weighted by Crippen LogP contribution is 2.44. The zero-order valence-corrected chi connectivity index (χ0v) is 17.7. The lowest BCUT2D eigenvalue weighted by molar-refractivity contribution is -0.199. The fourth-order valence-corrected chi connectivity index (χ4v) is 4.30. The van der Waals surface area contributed by atoms with E-state index in [2.05, 4.69) is 25.3 Å². The molecular formula is C19H18ClN7O5. The number of aliphatic hydroxyl groups excluding tert-OH is 1. The third kappa shape index (κ3) is 3.03. The van der Waals surface area contributed by atoms with Gasteiger partial charge < -0.3 is 24.2 Å². The topological polar surface area (TPSA) is 131 Å². The molecule has 4 atom stereocenters. The lowest BCUT2D eigenvalue weighted by atomic mass is 10.1. The molecule has 32 heavy (non-hydrogen) atoms. The van der Waals surface area contributed by atoms with Crippen LogP contribution < -0.4 is 4.84 Å². The van der Waals surface area contributed by atoms with Crippen LogP contribution in [0.1, 0.15) is 20.1 Å². The van der Waals surface area contributed by atoms with E-state index in [1.165, 1.54) is 11.2 Å². The first-order valence-corrected chi connectivity index (χ1v) is 10.3. The summed E-state index contributed by atoms with van der Waals surface area (Å²) in [5.41, 5.74) is 2.04. The van der Waals surface area contributed by atoms with E-state index >= 15 is 0 Å². The first kappa shape index (κ1) is 19.8. The van der Waals surface area contributed by atoms with Gasteiger partial charge in [-0.2, -0.15) is 9.97 Å². The second-order valence-corrected chi connectivity index (χ2v) is 8.31. The van der Waals surface area contributed by atoms with Crippen molar-refractivity contribution in [2.75, 3.05) is 6.61 Å². The van der Waals surface area contributed by atoms with E-state index < -0.39 is 30.3 Å². The van der Waals surface area contributed by atoms with Crippen molar-refractivity contribution >= 4 is 33.8 Å². The minimum Gasteiger partial charge on any atom is -0.394 e. The van der Waals surface area contributed by atoms with Gasteiger partial charge in [0, 0.05) is 0 Å². The van der Waals surface area contributed by atoms with Crippen LogP contribution in [0.15, 0.2) is 30.6 Å². The Hall–Kier alpha value is -2.90. The Morgan fingerprint density at radius 3 is 2.84 bits per heavy atom. The van der Waals surface area contributed by atoms with Gasteiger partial charge in [0.1, 0.15) is 29.3 Å². The standard InChI is InChI=1S/C19H18ClN7O5/c1-19(2)30-13-11(7-28)29-17(14(13)31-19)26-8-21-12-15(26)22-18(20)23-16(12)32-27-10-6-4-3-5-9(10)24-25-27/h3-6,8,11,13-14,17,28H,7H2,1-2H3/t11-,13-,14-,17-/m1/s1. The second kappa shape index (κ2) is 7.05. The predicted molar refractivity (Wildman–Crippen MR) is 109 cm³/mol. The maximum absolute atomic E-state index is 9.76. The number of aromatic nitrogens is 7. The van der Waals surface area contributed by atoms with Crippen molar-refractivity contribution in [3.63, 3.8) is 0 Å². The molecule has 0 radical (unpaired) electrons. The normalized spacial score (nSPS) is 26.8. The molecule has 2 fully saturated rings. The summed E-state index contributed by atoms with van der Waals surface area (Å²) in [5.74, 6) is -0.706. The average molecular weight is 460 g/mol. The molecule has 0 bridgehead atoms. The van der Waals surface area contributed by atoms with Crippen molar-refractivity contribution in [2.45, 2.75) is 44.2 Å². The molecule has 0 amide bonds. The zero-order valence-electron chi connectivity index (χ0n) is 17.0. The highest BCUT2D eigenvalue weighted by molar-refractivity contribution is 6.28. The SMILES string of the molecule is CC1(C)O[C@@H]2[C@H](O1)[C@@H](CO)O[C@H]2n1cnc2c(On3nnc4ccccc43)nc(Cl)nc21. The summed E-state index contributed by atoms with van der Waals surface area (Å²) < 4.78 is 19.7. The van der Waals surface area contributed by atoms with Crippen molar-refractivity contribution in [3.05, 3.63) is 35.9 Å². The number of imidazole rings is 1. The van der Waals surface area contributed by atoms with Gasteiger partial charge >= 0.3 is 0 Å². The van der Waals surface area contributed by atoms with Crippen molar-refractivity contribution in [2.24, 2.45) is 0 Å². The number of rotatable bonds is 4. The second-order valence-electron chi connectivity index (χ2n) is 7.98. The van der Waals surface area contributed by atoms with Gasteiger partial charge in [-0.15, -0.1) is 5.10 Å². The molecule has 1 N–H and O–H groups in total. The number of hydrogen-bond donors (Lipinski definition) is 1. The molecule has 1 aromatic carbocycles. The van der Waals surface area contributed by atoms with E-state index in [9.17, 15) is 5.11 Å². The molecule has 0 saturated carbocycles. The average Bonchev–Trinajstić information content (AvgIpc) is 3.50. The maximum atomic E-state index is 9.76. The third-order valence-electron chi connectivity index (χ3n) is 5.44. The maximum Gasteiger partial charge on any atom is 0.281 e. The van der Waals surface area contributed by atoms with E-state index in [1.807, 2.05) is 38.1 Å². The van der Waals surface area contributed by atoms with Gasteiger partial charge in [0.2, 0.25) is 5.28 Å². The fraction of sp³-hybridized carbons (Fsp3) is 0.421. The van der Waals surface area contributed by atoms with Crippen molar-refractivity contribution in [3.8, 4) is 5.88 Å². The monoisotopic (exact) mass is 459 g/mol. The first-order chi connectivity index (χ1) is 15.4. The molecule has 4 aromatic rings. The molecule has 0 spiro atoms. The van der Waals surface area contributed by atoms with Gasteiger partial charge in [0.05, 0.1) is 12.9 Å². The van der Waals surface area contributed by atoms with Gasteiger partial charge in [-0.3, -0.25) is 4.57 Å². The largest absolute Gasteiger partial charge is 0.394 e. The van der Waals surface area contributed by atoms with Crippen LogP contribution in [-0.2, 0) is 14.2 Å².